The van der Waals surface area contributed by atoms with Crippen molar-refractivity contribution in [2.75, 3.05) is 19.8 Å². The van der Waals surface area contributed by atoms with Crippen LogP contribution >= 0.6 is 0 Å². The molecule has 0 aliphatic carbocycles. The zero-order chi connectivity index (χ0) is 21.7. The van der Waals surface area contributed by atoms with Crippen molar-refractivity contribution in [2.24, 2.45) is 0 Å². The zero-order valence-electron chi connectivity index (χ0n) is 16.2. The summed E-state index contributed by atoms with van der Waals surface area (Å²) >= 11 is 0. The second kappa shape index (κ2) is 10.7. The van der Waals surface area contributed by atoms with Gasteiger partial charge >= 0.3 is 0 Å². The molecule has 3 rings (SSSR count). The molecule has 168 valence electrons. The fourth-order valence-electron chi connectivity index (χ4n) is 3.21. The SMILES string of the molecule is OC1COC(OCC2OC(OC/C=C/c3ccccc3)C(O)C(O)C2O)C(O)C1O. The summed E-state index contributed by atoms with van der Waals surface area (Å²) in [7, 11) is 0. The average Bonchev–Trinajstić information content (AvgIpc) is 2.76. The molecule has 2 fully saturated rings. The van der Waals surface area contributed by atoms with Crippen molar-refractivity contribution in [1.82, 2.24) is 0 Å². The van der Waals surface area contributed by atoms with Crippen LogP contribution in [-0.4, -0.2) is 106 Å². The van der Waals surface area contributed by atoms with Gasteiger partial charge in [0.25, 0.3) is 0 Å². The van der Waals surface area contributed by atoms with Crippen LogP contribution in [-0.2, 0) is 18.9 Å². The highest BCUT2D eigenvalue weighted by molar-refractivity contribution is 5.48. The minimum absolute atomic E-state index is 0.0849. The lowest BCUT2D eigenvalue weighted by molar-refractivity contribution is -0.319. The van der Waals surface area contributed by atoms with Crippen molar-refractivity contribution in [3.8, 4) is 0 Å². The van der Waals surface area contributed by atoms with Crippen molar-refractivity contribution in [2.45, 2.75) is 55.3 Å². The molecule has 0 amide bonds. The highest BCUT2D eigenvalue weighted by atomic mass is 16.7. The van der Waals surface area contributed by atoms with Crippen LogP contribution in [0, 0.1) is 0 Å². The molecule has 2 heterocycles. The van der Waals surface area contributed by atoms with Crippen LogP contribution < -0.4 is 0 Å². The van der Waals surface area contributed by atoms with Crippen LogP contribution in [0.1, 0.15) is 5.56 Å². The van der Waals surface area contributed by atoms with Crippen molar-refractivity contribution >= 4 is 6.08 Å². The molecule has 0 aromatic heterocycles. The van der Waals surface area contributed by atoms with E-state index >= 15 is 0 Å². The number of ether oxygens (including phenoxy) is 4. The number of hydrogen-bond donors (Lipinski definition) is 6. The van der Waals surface area contributed by atoms with E-state index in [0.717, 1.165) is 5.56 Å². The largest absolute Gasteiger partial charge is 0.388 e. The summed E-state index contributed by atoms with van der Waals surface area (Å²) in [6, 6.07) is 9.50. The standard InChI is InChI=1S/C20H28O10/c21-12-9-28-19(17(25)14(12)22)29-10-13-15(23)16(24)18(26)20(30-13)27-8-4-7-11-5-2-1-3-6-11/h1-7,12-26H,8-10H2/b7-4+. The topological polar surface area (TPSA) is 158 Å². The maximum Gasteiger partial charge on any atom is 0.187 e. The quantitative estimate of drug-likeness (QED) is 0.286. The van der Waals surface area contributed by atoms with Gasteiger partial charge in [-0.05, 0) is 5.56 Å². The van der Waals surface area contributed by atoms with Crippen molar-refractivity contribution in [3.05, 3.63) is 42.0 Å². The summed E-state index contributed by atoms with van der Waals surface area (Å²) in [4.78, 5) is 0. The molecule has 0 radical (unpaired) electrons. The number of hydrogen-bond acceptors (Lipinski definition) is 10. The predicted octanol–water partition coefficient (Wildman–Crippen LogP) is -2.02. The van der Waals surface area contributed by atoms with Gasteiger partial charge < -0.3 is 49.6 Å². The first kappa shape index (κ1) is 23.2. The Hall–Kier alpha value is -1.44. The van der Waals surface area contributed by atoms with Gasteiger partial charge in [-0.25, -0.2) is 0 Å². The first-order chi connectivity index (χ1) is 14.4. The van der Waals surface area contributed by atoms with Crippen LogP contribution in [0.5, 0.6) is 0 Å². The molecule has 10 nitrogen and oxygen atoms in total. The second-order valence-corrected chi connectivity index (χ2v) is 7.24. The molecule has 0 spiro atoms. The van der Waals surface area contributed by atoms with E-state index in [1.54, 1.807) is 6.08 Å². The molecule has 1 aromatic carbocycles. The van der Waals surface area contributed by atoms with E-state index in [1.807, 2.05) is 36.4 Å². The number of aliphatic hydroxyl groups is 6. The lowest BCUT2D eigenvalue weighted by Gasteiger charge is -2.41. The summed E-state index contributed by atoms with van der Waals surface area (Å²) in [6.07, 6.45) is -8.71. The predicted molar refractivity (Wildman–Crippen MR) is 102 cm³/mol. The van der Waals surface area contributed by atoms with Crippen LogP contribution in [0.2, 0.25) is 0 Å². The van der Waals surface area contributed by atoms with E-state index in [9.17, 15) is 30.6 Å². The summed E-state index contributed by atoms with van der Waals surface area (Å²) in [5, 5.41) is 59.4. The van der Waals surface area contributed by atoms with Gasteiger partial charge in [-0.1, -0.05) is 42.5 Å². The summed E-state index contributed by atoms with van der Waals surface area (Å²) in [5.74, 6) is 0. The fraction of sp³-hybridized carbons (Fsp3) is 0.600. The van der Waals surface area contributed by atoms with Crippen LogP contribution in [0.25, 0.3) is 6.08 Å². The van der Waals surface area contributed by atoms with E-state index in [0.29, 0.717) is 0 Å². The molecular formula is C20H28O10. The van der Waals surface area contributed by atoms with E-state index in [1.165, 1.54) is 0 Å². The smallest absolute Gasteiger partial charge is 0.187 e. The summed E-state index contributed by atoms with van der Waals surface area (Å²) in [5.41, 5.74) is 0.964. The lowest BCUT2D eigenvalue weighted by atomic mass is 9.99. The van der Waals surface area contributed by atoms with Gasteiger partial charge in [0.05, 0.1) is 19.8 Å². The van der Waals surface area contributed by atoms with Gasteiger partial charge in [-0.15, -0.1) is 0 Å². The number of rotatable bonds is 7. The fourth-order valence-corrected chi connectivity index (χ4v) is 3.21. The molecule has 0 saturated carbocycles. The molecule has 30 heavy (non-hydrogen) atoms. The maximum atomic E-state index is 10.2. The molecule has 9 unspecified atom stereocenters. The molecule has 0 bridgehead atoms. The molecule has 10 heteroatoms. The van der Waals surface area contributed by atoms with Crippen molar-refractivity contribution < 1.29 is 49.6 Å². The normalized spacial score (nSPS) is 40.0. The van der Waals surface area contributed by atoms with E-state index in [4.69, 9.17) is 18.9 Å². The van der Waals surface area contributed by atoms with Gasteiger partial charge in [0, 0.05) is 0 Å². The van der Waals surface area contributed by atoms with Gasteiger partial charge in [0.2, 0.25) is 0 Å². The van der Waals surface area contributed by atoms with E-state index in [2.05, 4.69) is 0 Å². The Balaban J connectivity index is 1.52. The monoisotopic (exact) mass is 428 g/mol. The Kier molecular flexibility index (Phi) is 8.31. The van der Waals surface area contributed by atoms with Gasteiger partial charge in [0.1, 0.15) is 42.7 Å². The Bertz CT molecular complexity index is 671. The minimum Gasteiger partial charge on any atom is -0.388 e. The third-order valence-corrected chi connectivity index (χ3v) is 5.01. The molecular weight excluding hydrogens is 400 g/mol. The van der Waals surface area contributed by atoms with Crippen LogP contribution in [0.3, 0.4) is 0 Å². The summed E-state index contributed by atoms with van der Waals surface area (Å²) in [6.45, 7) is -0.478. The molecule has 2 saturated heterocycles. The Morgan fingerprint density at radius 3 is 2.27 bits per heavy atom. The second-order valence-electron chi connectivity index (χ2n) is 7.24. The number of benzene rings is 1. The minimum atomic E-state index is -1.54. The Morgan fingerprint density at radius 1 is 0.833 bits per heavy atom. The third kappa shape index (κ3) is 5.62. The highest BCUT2D eigenvalue weighted by Crippen LogP contribution is 2.24. The van der Waals surface area contributed by atoms with Gasteiger partial charge in [0.15, 0.2) is 12.6 Å². The molecule has 2 aliphatic rings. The van der Waals surface area contributed by atoms with Crippen LogP contribution in [0.15, 0.2) is 36.4 Å². The zero-order valence-corrected chi connectivity index (χ0v) is 16.2. The first-order valence-corrected chi connectivity index (χ1v) is 9.68. The Labute approximate surface area is 173 Å². The van der Waals surface area contributed by atoms with Crippen LogP contribution in [0.4, 0.5) is 0 Å². The first-order valence-electron chi connectivity index (χ1n) is 9.68. The average molecular weight is 428 g/mol. The van der Waals surface area contributed by atoms with E-state index < -0.39 is 55.3 Å². The maximum absolute atomic E-state index is 10.2. The molecule has 6 N–H and O–H groups in total. The van der Waals surface area contributed by atoms with Crippen molar-refractivity contribution in [1.29, 1.82) is 0 Å². The number of aliphatic hydroxyl groups excluding tert-OH is 6. The lowest BCUT2D eigenvalue weighted by Crippen LogP contribution is -2.60. The molecule has 2 aliphatic heterocycles. The summed E-state index contributed by atoms with van der Waals surface area (Å²) < 4.78 is 21.5. The van der Waals surface area contributed by atoms with Gasteiger partial charge in [-0.2, -0.15) is 0 Å². The molecule has 1 aromatic rings. The van der Waals surface area contributed by atoms with Crippen molar-refractivity contribution in [3.63, 3.8) is 0 Å². The third-order valence-electron chi connectivity index (χ3n) is 5.01. The van der Waals surface area contributed by atoms with Gasteiger partial charge in [-0.3, -0.25) is 0 Å². The van der Waals surface area contributed by atoms with E-state index in [-0.39, 0.29) is 19.8 Å². The molecule has 9 atom stereocenters. The highest BCUT2D eigenvalue weighted by Gasteiger charge is 2.45. The Morgan fingerprint density at radius 2 is 1.53 bits per heavy atom.